The van der Waals surface area contributed by atoms with Gasteiger partial charge in [0.25, 0.3) is 0 Å². The molecule has 0 unspecified atom stereocenters. The second-order valence-corrected chi connectivity index (χ2v) is 4.53. The number of rotatable bonds is 1. The van der Waals surface area contributed by atoms with Gasteiger partial charge >= 0.3 is 0 Å². The lowest BCUT2D eigenvalue weighted by Gasteiger charge is -2.09. The molecule has 2 aromatic heterocycles. The summed E-state index contributed by atoms with van der Waals surface area (Å²) in [7, 11) is 0. The number of hydrogen-bond donors (Lipinski definition) is 1. The van der Waals surface area contributed by atoms with Crippen molar-refractivity contribution in [3.8, 4) is 11.1 Å². The van der Waals surface area contributed by atoms with Crippen LogP contribution < -0.4 is 0 Å². The van der Waals surface area contributed by atoms with E-state index in [9.17, 15) is 4.39 Å². The molecule has 0 atom stereocenters. The monoisotopic (exact) mass is 260 g/mol. The molecule has 18 heavy (non-hydrogen) atoms. The summed E-state index contributed by atoms with van der Waals surface area (Å²) >= 11 is 6.23. The molecule has 3 aromatic rings. The van der Waals surface area contributed by atoms with Gasteiger partial charge in [-0.3, -0.25) is 0 Å². The maximum absolute atomic E-state index is 14.0. The standard InChI is InChI=1S/C14H10ClFN2/c1-8-2-3-11(16)12(13(8)15)9-4-6-17-14-10(9)5-7-18-14/h2-7H,1H3,(H,17,18). The van der Waals surface area contributed by atoms with Crippen molar-refractivity contribution in [3.05, 3.63) is 53.1 Å². The number of aromatic amines is 1. The number of halogens is 2. The van der Waals surface area contributed by atoms with E-state index in [1.165, 1.54) is 6.07 Å². The molecule has 1 N–H and O–H groups in total. The number of nitrogens with zero attached hydrogens (tertiary/aromatic N) is 1. The highest BCUT2D eigenvalue weighted by atomic mass is 35.5. The number of nitrogens with one attached hydrogen (secondary N) is 1. The SMILES string of the molecule is Cc1ccc(F)c(-c2ccnc3[nH]ccc23)c1Cl. The van der Waals surface area contributed by atoms with Crippen LogP contribution in [0.3, 0.4) is 0 Å². The van der Waals surface area contributed by atoms with Gasteiger partial charge in [-0.25, -0.2) is 9.37 Å². The molecule has 0 saturated heterocycles. The molecule has 0 fully saturated rings. The average Bonchev–Trinajstić information content (AvgIpc) is 2.83. The van der Waals surface area contributed by atoms with Crippen molar-refractivity contribution < 1.29 is 4.39 Å². The van der Waals surface area contributed by atoms with Gasteiger partial charge in [-0.05, 0) is 36.2 Å². The van der Waals surface area contributed by atoms with E-state index in [2.05, 4.69) is 9.97 Å². The highest BCUT2D eigenvalue weighted by molar-refractivity contribution is 6.34. The molecular formula is C14H10ClFN2. The molecule has 4 heteroatoms. The van der Waals surface area contributed by atoms with E-state index in [-0.39, 0.29) is 5.82 Å². The lowest BCUT2D eigenvalue weighted by atomic mass is 10.0. The van der Waals surface area contributed by atoms with Gasteiger partial charge in [-0.2, -0.15) is 0 Å². The van der Waals surface area contributed by atoms with Gasteiger partial charge in [0.2, 0.25) is 0 Å². The summed E-state index contributed by atoms with van der Waals surface area (Å²) in [6, 6.07) is 6.77. The Morgan fingerprint density at radius 2 is 2.06 bits per heavy atom. The summed E-state index contributed by atoms with van der Waals surface area (Å²) in [5.74, 6) is -0.320. The normalized spacial score (nSPS) is 11.1. The van der Waals surface area contributed by atoms with Crippen molar-refractivity contribution in [1.29, 1.82) is 0 Å². The van der Waals surface area contributed by atoms with E-state index in [0.29, 0.717) is 10.6 Å². The van der Waals surface area contributed by atoms with E-state index < -0.39 is 0 Å². The summed E-state index contributed by atoms with van der Waals surface area (Å²) in [6.45, 7) is 1.86. The van der Waals surface area contributed by atoms with E-state index in [0.717, 1.165) is 22.2 Å². The third-order valence-corrected chi connectivity index (χ3v) is 3.50. The first-order valence-corrected chi connectivity index (χ1v) is 5.93. The third-order valence-electron chi connectivity index (χ3n) is 3.01. The molecule has 2 nitrogen and oxygen atoms in total. The largest absolute Gasteiger partial charge is 0.346 e. The molecule has 0 aliphatic rings. The molecule has 3 rings (SSSR count). The summed E-state index contributed by atoms with van der Waals surface area (Å²) in [5, 5.41) is 1.31. The Bertz CT molecular complexity index is 734. The summed E-state index contributed by atoms with van der Waals surface area (Å²) < 4.78 is 14.0. The fraction of sp³-hybridized carbons (Fsp3) is 0.0714. The lowest BCUT2D eigenvalue weighted by Crippen LogP contribution is -1.90. The van der Waals surface area contributed by atoms with Crippen LogP contribution >= 0.6 is 11.6 Å². The zero-order valence-electron chi connectivity index (χ0n) is 9.67. The molecule has 90 valence electrons. The van der Waals surface area contributed by atoms with E-state index in [1.807, 2.05) is 13.0 Å². The number of aryl methyl sites for hydroxylation is 1. The van der Waals surface area contributed by atoms with Crippen molar-refractivity contribution >= 4 is 22.6 Å². The lowest BCUT2D eigenvalue weighted by molar-refractivity contribution is 0.631. The van der Waals surface area contributed by atoms with Crippen molar-refractivity contribution in [2.45, 2.75) is 6.92 Å². The van der Waals surface area contributed by atoms with Gasteiger partial charge in [-0.1, -0.05) is 17.7 Å². The van der Waals surface area contributed by atoms with Gasteiger partial charge < -0.3 is 4.98 Å². The van der Waals surface area contributed by atoms with Crippen molar-refractivity contribution in [1.82, 2.24) is 9.97 Å². The van der Waals surface area contributed by atoms with Crippen molar-refractivity contribution in [2.75, 3.05) is 0 Å². The Hall–Kier alpha value is -1.87. The predicted octanol–water partition coefficient (Wildman–Crippen LogP) is 4.33. The first kappa shape index (κ1) is 11.2. The number of aromatic nitrogens is 2. The van der Waals surface area contributed by atoms with Gasteiger partial charge in [0.15, 0.2) is 0 Å². The summed E-state index contributed by atoms with van der Waals surface area (Å²) in [5.41, 5.74) is 2.77. The van der Waals surface area contributed by atoms with Gasteiger partial charge in [0, 0.05) is 23.3 Å². The first-order chi connectivity index (χ1) is 8.68. The number of pyridine rings is 1. The molecule has 0 aliphatic heterocycles. The minimum absolute atomic E-state index is 0.320. The number of fused-ring (bicyclic) bond motifs is 1. The fourth-order valence-electron chi connectivity index (χ4n) is 2.08. The van der Waals surface area contributed by atoms with Crippen LogP contribution in [0.1, 0.15) is 5.56 Å². The van der Waals surface area contributed by atoms with E-state index in [4.69, 9.17) is 11.6 Å². The van der Waals surface area contributed by atoms with Crippen LogP contribution in [0.5, 0.6) is 0 Å². The maximum atomic E-state index is 14.0. The molecule has 0 saturated carbocycles. The zero-order valence-corrected chi connectivity index (χ0v) is 10.4. The van der Waals surface area contributed by atoms with Crippen LogP contribution in [0.4, 0.5) is 4.39 Å². The van der Waals surface area contributed by atoms with Crippen LogP contribution in [-0.2, 0) is 0 Å². The van der Waals surface area contributed by atoms with Crippen LogP contribution in [0.15, 0.2) is 36.7 Å². The second-order valence-electron chi connectivity index (χ2n) is 4.15. The molecule has 0 radical (unpaired) electrons. The Balaban J connectivity index is 2.39. The van der Waals surface area contributed by atoms with Crippen molar-refractivity contribution in [3.63, 3.8) is 0 Å². The van der Waals surface area contributed by atoms with Crippen molar-refractivity contribution in [2.24, 2.45) is 0 Å². The second kappa shape index (κ2) is 4.10. The summed E-state index contributed by atoms with van der Waals surface area (Å²) in [6.07, 6.45) is 3.43. The molecule has 0 bridgehead atoms. The number of benzene rings is 1. The maximum Gasteiger partial charge on any atom is 0.137 e. The first-order valence-electron chi connectivity index (χ1n) is 5.55. The highest BCUT2D eigenvalue weighted by Crippen LogP contribution is 2.36. The van der Waals surface area contributed by atoms with Gasteiger partial charge in [0.05, 0.1) is 5.02 Å². The van der Waals surface area contributed by atoms with E-state index >= 15 is 0 Å². The Kier molecular flexibility index (Phi) is 2.56. The molecule has 1 aromatic carbocycles. The van der Waals surface area contributed by atoms with Crippen LogP contribution in [0, 0.1) is 12.7 Å². The predicted molar refractivity (Wildman–Crippen MR) is 71.2 cm³/mol. The van der Waals surface area contributed by atoms with Gasteiger partial charge in [-0.15, -0.1) is 0 Å². The Labute approximate surface area is 108 Å². The summed E-state index contributed by atoms with van der Waals surface area (Å²) in [4.78, 5) is 7.19. The zero-order chi connectivity index (χ0) is 12.7. The average molecular weight is 261 g/mol. The molecule has 0 aliphatic carbocycles. The van der Waals surface area contributed by atoms with Gasteiger partial charge in [0.1, 0.15) is 11.5 Å². The quantitative estimate of drug-likeness (QED) is 0.693. The molecule has 0 amide bonds. The van der Waals surface area contributed by atoms with Crippen LogP contribution in [-0.4, -0.2) is 9.97 Å². The molecule has 2 heterocycles. The minimum Gasteiger partial charge on any atom is -0.346 e. The van der Waals surface area contributed by atoms with E-state index in [1.54, 1.807) is 24.5 Å². The minimum atomic E-state index is -0.320. The Morgan fingerprint density at radius 3 is 2.89 bits per heavy atom. The number of H-pyrrole nitrogens is 1. The molecule has 0 spiro atoms. The highest BCUT2D eigenvalue weighted by Gasteiger charge is 2.15. The number of hydrogen-bond acceptors (Lipinski definition) is 1. The smallest absolute Gasteiger partial charge is 0.137 e. The molecular weight excluding hydrogens is 251 g/mol. The fourth-order valence-corrected chi connectivity index (χ4v) is 2.34. The third kappa shape index (κ3) is 1.59. The van der Waals surface area contributed by atoms with Crippen LogP contribution in [0.25, 0.3) is 22.2 Å². The Morgan fingerprint density at radius 1 is 1.22 bits per heavy atom. The van der Waals surface area contributed by atoms with Crippen LogP contribution in [0.2, 0.25) is 5.02 Å². The topological polar surface area (TPSA) is 28.7 Å².